The largest absolute Gasteiger partial charge is 0.497 e. The SMILES string of the molecule is CCNC(=NCc1cccc(OC)c1)NCCc1cc(OC)ccc1OC.I. The van der Waals surface area contributed by atoms with E-state index in [0.717, 1.165) is 53.8 Å². The van der Waals surface area contributed by atoms with Gasteiger partial charge in [-0.2, -0.15) is 0 Å². The van der Waals surface area contributed by atoms with Crippen molar-refractivity contribution in [1.29, 1.82) is 0 Å². The van der Waals surface area contributed by atoms with Gasteiger partial charge in [-0.05, 0) is 54.8 Å². The predicted molar refractivity (Wildman–Crippen MR) is 124 cm³/mol. The van der Waals surface area contributed by atoms with Crippen molar-refractivity contribution in [3.63, 3.8) is 0 Å². The Bertz CT molecular complexity index is 753. The van der Waals surface area contributed by atoms with Gasteiger partial charge in [-0.1, -0.05) is 12.1 Å². The maximum atomic E-state index is 5.44. The van der Waals surface area contributed by atoms with E-state index in [9.17, 15) is 0 Å². The highest BCUT2D eigenvalue weighted by atomic mass is 127. The first-order chi connectivity index (χ1) is 13.2. The number of nitrogens with zero attached hydrogens (tertiary/aromatic N) is 1. The molecule has 0 saturated heterocycles. The van der Waals surface area contributed by atoms with Crippen molar-refractivity contribution in [1.82, 2.24) is 10.6 Å². The lowest BCUT2D eigenvalue weighted by Crippen LogP contribution is -2.38. The average Bonchev–Trinajstić information content (AvgIpc) is 2.72. The lowest BCUT2D eigenvalue weighted by atomic mass is 10.1. The van der Waals surface area contributed by atoms with Crippen molar-refractivity contribution in [3.05, 3.63) is 53.6 Å². The minimum Gasteiger partial charge on any atom is -0.497 e. The molecule has 0 saturated carbocycles. The van der Waals surface area contributed by atoms with Crippen LogP contribution in [-0.4, -0.2) is 40.4 Å². The van der Waals surface area contributed by atoms with Crippen LogP contribution in [0.3, 0.4) is 0 Å². The Morgan fingerprint density at radius 2 is 1.68 bits per heavy atom. The number of methoxy groups -OCH3 is 3. The molecule has 154 valence electrons. The summed E-state index contributed by atoms with van der Waals surface area (Å²) in [4.78, 5) is 4.65. The molecule has 2 aromatic rings. The molecule has 0 aromatic heterocycles. The molecule has 0 spiro atoms. The van der Waals surface area contributed by atoms with Crippen LogP contribution in [-0.2, 0) is 13.0 Å². The number of rotatable bonds is 9. The summed E-state index contributed by atoms with van der Waals surface area (Å²) in [6.45, 7) is 4.16. The number of ether oxygens (including phenoxy) is 3. The number of guanidine groups is 1. The minimum atomic E-state index is 0. The second-order valence-corrected chi connectivity index (χ2v) is 5.90. The summed E-state index contributed by atoms with van der Waals surface area (Å²) in [5.41, 5.74) is 2.19. The third kappa shape index (κ3) is 7.46. The van der Waals surface area contributed by atoms with Gasteiger partial charge in [-0.15, -0.1) is 24.0 Å². The van der Waals surface area contributed by atoms with Crippen molar-refractivity contribution >= 4 is 29.9 Å². The fraction of sp³-hybridized carbons (Fsp3) is 0.381. The van der Waals surface area contributed by atoms with Gasteiger partial charge in [-0.3, -0.25) is 0 Å². The van der Waals surface area contributed by atoms with E-state index < -0.39 is 0 Å². The van der Waals surface area contributed by atoms with Crippen molar-refractivity contribution in [2.45, 2.75) is 19.9 Å². The molecule has 2 N–H and O–H groups in total. The first-order valence-electron chi connectivity index (χ1n) is 9.06. The van der Waals surface area contributed by atoms with E-state index in [-0.39, 0.29) is 24.0 Å². The topological polar surface area (TPSA) is 64.1 Å². The van der Waals surface area contributed by atoms with Gasteiger partial charge in [0.25, 0.3) is 0 Å². The molecule has 0 atom stereocenters. The average molecular weight is 499 g/mol. The van der Waals surface area contributed by atoms with Crippen molar-refractivity contribution in [2.75, 3.05) is 34.4 Å². The number of benzene rings is 2. The van der Waals surface area contributed by atoms with Crippen LogP contribution in [0.15, 0.2) is 47.5 Å². The molecule has 2 aromatic carbocycles. The lowest BCUT2D eigenvalue weighted by Gasteiger charge is -2.13. The van der Waals surface area contributed by atoms with Crippen molar-refractivity contribution < 1.29 is 14.2 Å². The van der Waals surface area contributed by atoms with Gasteiger partial charge in [0.2, 0.25) is 0 Å². The van der Waals surface area contributed by atoms with Crippen LogP contribution in [0.5, 0.6) is 17.2 Å². The van der Waals surface area contributed by atoms with Crippen LogP contribution in [0.25, 0.3) is 0 Å². The van der Waals surface area contributed by atoms with E-state index in [1.54, 1.807) is 21.3 Å². The Balaban J connectivity index is 0.00000392. The minimum absolute atomic E-state index is 0. The Morgan fingerprint density at radius 3 is 2.36 bits per heavy atom. The van der Waals surface area contributed by atoms with Crippen LogP contribution >= 0.6 is 24.0 Å². The summed E-state index contributed by atoms with van der Waals surface area (Å²) in [6.07, 6.45) is 0.796. The van der Waals surface area contributed by atoms with Crippen LogP contribution < -0.4 is 24.8 Å². The standard InChI is InChI=1S/C21H29N3O3.HI/c1-5-22-21(24-15-16-7-6-8-18(13-16)25-2)23-12-11-17-14-19(26-3)9-10-20(17)27-4;/h6-10,13-14H,5,11-12,15H2,1-4H3,(H2,22,23,24);1H. The fourth-order valence-electron chi connectivity index (χ4n) is 2.68. The quantitative estimate of drug-likeness (QED) is 0.314. The zero-order chi connectivity index (χ0) is 19.5. The van der Waals surface area contributed by atoms with E-state index in [1.807, 2.05) is 49.4 Å². The molecule has 0 bridgehead atoms. The number of aliphatic imine (C=N–C) groups is 1. The van der Waals surface area contributed by atoms with Gasteiger partial charge in [-0.25, -0.2) is 4.99 Å². The number of halogens is 1. The summed E-state index contributed by atoms with van der Waals surface area (Å²) in [6, 6.07) is 13.8. The Labute approximate surface area is 184 Å². The molecule has 2 rings (SSSR count). The highest BCUT2D eigenvalue weighted by Gasteiger charge is 2.06. The molecule has 0 aliphatic rings. The van der Waals surface area contributed by atoms with Gasteiger partial charge >= 0.3 is 0 Å². The first-order valence-corrected chi connectivity index (χ1v) is 9.06. The van der Waals surface area contributed by atoms with E-state index in [2.05, 4.69) is 15.6 Å². The third-order valence-corrected chi connectivity index (χ3v) is 4.07. The molecule has 0 fully saturated rings. The number of hydrogen-bond donors (Lipinski definition) is 2. The third-order valence-electron chi connectivity index (χ3n) is 4.07. The maximum absolute atomic E-state index is 5.44. The highest BCUT2D eigenvalue weighted by molar-refractivity contribution is 14.0. The smallest absolute Gasteiger partial charge is 0.191 e. The zero-order valence-corrected chi connectivity index (χ0v) is 19.3. The van der Waals surface area contributed by atoms with Gasteiger partial charge in [0.1, 0.15) is 17.2 Å². The number of hydrogen-bond acceptors (Lipinski definition) is 4. The van der Waals surface area contributed by atoms with E-state index in [4.69, 9.17) is 14.2 Å². The van der Waals surface area contributed by atoms with E-state index in [1.165, 1.54) is 0 Å². The second-order valence-electron chi connectivity index (χ2n) is 5.90. The molecule has 0 aliphatic heterocycles. The first kappa shape index (κ1) is 23.9. The monoisotopic (exact) mass is 499 g/mol. The van der Waals surface area contributed by atoms with Crippen molar-refractivity contribution in [3.8, 4) is 17.2 Å². The van der Waals surface area contributed by atoms with Crippen molar-refractivity contribution in [2.24, 2.45) is 4.99 Å². The summed E-state index contributed by atoms with van der Waals surface area (Å²) in [5, 5.41) is 6.64. The molecule has 6 nitrogen and oxygen atoms in total. The Kier molecular flexibility index (Phi) is 11.2. The Morgan fingerprint density at radius 1 is 0.929 bits per heavy atom. The molecule has 0 amide bonds. The Hall–Kier alpha value is -2.16. The molecule has 0 heterocycles. The van der Waals surface area contributed by atoms with E-state index >= 15 is 0 Å². The lowest BCUT2D eigenvalue weighted by molar-refractivity contribution is 0.398. The second kappa shape index (κ2) is 13.1. The summed E-state index contributed by atoms with van der Waals surface area (Å²) in [7, 11) is 5.01. The van der Waals surface area contributed by atoms with Crippen LogP contribution in [0, 0.1) is 0 Å². The van der Waals surface area contributed by atoms with Gasteiger partial charge < -0.3 is 24.8 Å². The van der Waals surface area contributed by atoms with Crippen LogP contribution in [0.1, 0.15) is 18.1 Å². The zero-order valence-electron chi connectivity index (χ0n) is 17.0. The molecular formula is C21H30IN3O3. The fourth-order valence-corrected chi connectivity index (χ4v) is 2.68. The highest BCUT2D eigenvalue weighted by Crippen LogP contribution is 2.24. The summed E-state index contributed by atoms with van der Waals surface area (Å²) >= 11 is 0. The van der Waals surface area contributed by atoms with Gasteiger partial charge in [0.05, 0.1) is 27.9 Å². The molecule has 28 heavy (non-hydrogen) atoms. The molecule has 0 unspecified atom stereocenters. The van der Waals surface area contributed by atoms with Crippen LogP contribution in [0.2, 0.25) is 0 Å². The number of nitrogens with one attached hydrogen (secondary N) is 2. The summed E-state index contributed by atoms with van der Waals surface area (Å²) < 4.78 is 16.0. The van der Waals surface area contributed by atoms with E-state index in [0.29, 0.717) is 6.54 Å². The van der Waals surface area contributed by atoms with Gasteiger partial charge in [0, 0.05) is 13.1 Å². The van der Waals surface area contributed by atoms with Gasteiger partial charge in [0.15, 0.2) is 5.96 Å². The maximum Gasteiger partial charge on any atom is 0.191 e. The molecular weight excluding hydrogens is 469 g/mol. The normalized spacial score (nSPS) is 10.6. The predicted octanol–water partition coefficient (Wildman–Crippen LogP) is 3.63. The molecule has 0 aliphatic carbocycles. The van der Waals surface area contributed by atoms with Crippen LogP contribution in [0.4, 0.5) is 0 Å². The molecule has 7 heteroatoms. The summed E-state index contributed by atoms with van der Waals surface area (Å²) in [5.74, 6) is 3.30. The molecule has 0 radical (unpaired) electrons.